The monoisotopic (exact) mass is 294 g/mol. The van der Waals surface area contributed by atoms with Gasteiger partial charge in [0.1, 0.15) is 0 Å². The third-order valence-electron chi connectivity index (χ3n) is 3.65. The van der Waals surface area contributed by atoms with Gasteiger partial charge >= 0.3 is 0 Å². The van der Waals surface area contributed by atoms with Crippen molar-refractivity contribution >= 4 is 5.91 Å². The molecule has 0 aromatic carbocycles. The maximum atomic E-state index is 12.3. The Bertz CT molecular complexity index is 491. The Morgan fingerprint density at radius 2 is 2.05 bits per heavy atom. The molecule has 1 saturated heterocycles. The number of piperidine rings is 1. The summed E-state index contributed by atoms with van der Waals surface area (Å²) >= 11 is 0. The fourth-order valence-corrected chi connectivity index (χ4v) is 3.33. The summed E-state index contributed by atoms with van der Waals surface area (Å²) in [5.41, 5.74) is 5.80. The number of nitrogens with one attached hydrogen (secondary N) is 2. The number of carbonyl (C=O) groups is 1. The second kappa shape index (κ2) is 5.73. The number of amides is 1. The minimum atomic E-state index is -0.170. The van der Waals surface area contributed by atoms with Crippen LogP contribution in [0.4, 0.5) is 0 Å². The molecule has 1 fully saturated rings. The summed E-state index contributed by atoms with van der Waals surface area (Å²) in [6.07, 6.45) is 3.41. The Morgan fingerprint density at radius 3 is 2.62 bits per heavy atom. The summed E-state index contributed by atoms with van der Waals surface area (Å²) in [6.45, 7) is 9.67. The predicted octanol–water partition coefficient (Wildman–Crippen LogP) is 0.276. The quantitative estimate of drug-likeness (QED) is 0.741. The number of hydrogen-bond acceptors (Lipinski definition) is 5. The molecule has 4 N–H and O–H groups in total. The highest BCUT2D eigenvalue weighted by atomic mass is 16.2. The molecule has 7 nitrogen and oxygen atoms in total. The number of carbonyl (C=O) groups excluding carboxylic acids is 1. The van der Waals surface area contributed by atoms with E-state index in [9.17, 15) is 4.79 Å². The Kier molecular flexibility index (Phi) is 4.34. The average molecular weight is 294 g/mol. The number of hydrogen-bond donors (Lipinski definition) is 3. The summed E-state index contributed by atoms with van der Waals surface area (Å²) in [4.78, 5) is 12.3. The maximum Gasteiger partial charge on any atom is 0.273 e. The van der Waals surface area contributed by atoms with Gasteiger partial charge in [0, 0.05) is 23.7 Å². The first-order chi connectivity index (χ1) is 9.71. The minimum Gasteiger partial charge on any atom is -0.348 e. The molecule has 0 unspecified atom stereocenters. The lowest BCUT2D eigenvalue weighted by atomic mass is 9.79. The van der Waals surface area contributed by atoms with Gasteiger partial charge in [0.2, 0.25) is 0 Å². The van der Waals surface area contributed by atoms with E-state index in [4.69, 9.17) is 5.73 Å². The molecule has 0 spiro atoms. The standard InChI is InChI=1S/C14H26N6O/c1-13(2)7-10(8-14(3,4)18-13)16-12(21)11-9-20(6-5-15)19-17-11/h9-10,18H,5-8,15H2,1-4H3,(H,16,21). The zero-order valence-electron chi connectivity index (χ0n) is 13.3. The van der Waals surface area contributed by atoms with E-state index in [0.717, 1.165) is 12.8 Å². The molecule has 1 aliphatic heterocycles. The fraction of sp³-hybridized carbons (Fsp3) is 0.786. The van der Waals surface area contributed by atoms with Crippen LogP contribution in [0.2, 0.25) is 0 Å². The van der Waals surface area contributed by atoms with Gasteiger partial charge < -0.3 is 16.4 Å². The van der Waals surface area contributed by atoms with Gasteiger partial charge in [-0.2, -0.15) is 0 Å². The van der Waals surface area contributed by atoms with E-state index in [0.29, 0.717) is 18.8 Å². The van der Waals surface area contributed by atoms with Crippen LogP contribution in [0, 0.1) is 0 Å². The van der Waals surface area contributed by atoms with Crippen molar-refractivity contribution in [1.29, 1.82) is 0 Å². The Morgan fingerprint density at radius 1 is 1.43 bits per heavy atom. The fourth-order valence-electron chi connectivity index (χ4n) is 3.33. The number of nitrogens with two attached hydrogens (primary N) is 1. The van der Waals surface area contributed by atoms with Crippen LogP contribution >= 0.6 is 0 Å². The molecule has 0 saturated carbocycles. The summed E-state index contributed by atoms with van der Waals surface area (Å²) in [5.74, 6) is -0.170. The molecule has 118 valence electrons. The molecule has 0 aliphatic carbocycles. The van der Waals surface area contributed by atoms with Gasteiger partial charge in [0.15, 0.2) is 5.69 Å². The number of nitrogens with zero attached hydrogens (tertiary/aromatic N) is 3. The highest BCUT2D eigenvalue weighted by Crippen LogP contribution is 2.28. The first kappa shape index (κ1) is 15.9. The largest absolute Gasteiger partial charge is 0.348 e. The van der Waals surface area contributed by atoms with Crippen molar-refractivity contribution < 1.29 is 4.79 Å². The Balaban J connectivity index is 2.01. The van der Waals surface area contributed by atoms with Crippen molar-refractivity contribution in [1.82, 2.24) is 25.6 Å². The molecule has 1 aromatic rings. The molecule has 0 bridgehead atoms. The lowest BCUT2D eigenvalue weighted by molar-refractivity contribution is 0.0868. The van der Waals surface area contributed by atoms with Crippen molar-refractivity contribution in [2.75, 3.05) is 6.54 Å². The van der Waals surface area contributed by atoms with E-state index < -0.39 is 0 Å². The van der Waals surface area contributed by atoms with Crippen LogP contribution in [0.3, 0.4) is 0 Å². The molecule has 0 atom stereocenters. The summed E-state index contributed by atoms with van der Waals surface area (Å²) in [6, 6.07) is 0.128. The SMILES string of the molecule is CC1(C)CC(NC(=O)c2cn(CCN)nn2)CC(C)(C)N1. The maximum absolute atomic E-state index is 12.3. The molecule has 1 aromatic heterocycles. The third-order valence-corrected chi connectivity index (χ3v) is 3.65. The van der Waals surface area contributed by atoms with Crippen LogP contribution in [-0.2, 0) is 6.54 Å². The molecular weight excluding hydrogens is 268 g/mol. The van der Waals surface area contributed by atoms with E-state index in [1.165, 1.54) is 0 Å². The van der Waals surface area contributed by atoms with Gasteiger partial charge in [-0.1, -0.05) is 5.21 Å². The van der Waals surface area contributed by atoms with Crippen LogP contribution in [0.25, 0.3) is 0 Å². The van der Waals surface area contributed by atoms with Gasteiger partial charge in [-0.25, -0.2) is 0 Å². The Labute approximate surface area is 125 Å². The molecule has 7 heteroatoms. The predicted molar refractivity (Wildman–Crippen MR) is 80.9 cm³/mol. The molecule has 21 heavy (non-hydrogen) atoms. The lowest BCUT2D eigenvalue weighted by Gasteiger charge is -2.46. The lowest BCUT2D eigenvalue weighted by Crippen LogP contribution is -2.62. The minimum absolute atomic E-state index is 0.00312. The van der Waals surface area contributed by atoms with Crippen LogP contribution in [0.5, 0.6) is 0 Å². The van der Waals surface area contributed by atoms with E-state index in [2.05, 4.69) is 48.6 Å². The van der Waals surface area contributed by atoms with Crippen LogP contribution in [0.1, 0.15) is 51.0 Å². The van der Waals surface area contributed by atoms with E-state index >= 15 is 0 Å². The van der Waals surface area contributed by atoms with Crippen molar-refractivity contribution in [3.63, 3.8) is 0 Å². The normalized spacial score (nSPS) is 21.2. The summed E-state index contributed by atoms with van der Waals surface area (Å²) in [7, 11) is 0. The van der Waals surface area contributed by atoms with Crippen LogP contribution in [0.15, 0.2) is 6.20 Å². The van der Waals surface area contributed by atoms with Crippen LogP contribution < -0.4 is 16.4 Å². The topological polar surface area (TPSA) is 97.9 Å². The molecule has 1 amide bonds. The van der Waals surface area contributed by atoms with Gasteiger partial charge in [-0.15, -0.1) is 5.10 Å². The highest BCUT2D eigenvalue weighted by molar-refractivity contribution is 5.92. The third kappa shape index (κ3) is 4.25. The van der Waals surface area contributed by atoms with E-state index in [1.807, 2.05) is 0 Å². The first-order valence-electron chi connectivity index (χ1n) is 7.41. The smallest absolute Gasteiger partial charge is 0.273 e. The van der Waals surface area contributed by atoms with Gasteiger partial charge in [-0.3, -0.25) is 9.48 Å². The van der Waals surface area contributed by atoms with Crippen molar-refractivity contribution in [3.05, 3.63) is 11.9 Å². The zero-order chi connectivity index (χ0) is 15.7. The molecule has 0 radical (unpaired) electrons. The first-order valence-corrected chi connectivity index (χ1v) is 7.41. The van der Waals surface area contributed by atoms with Gasteiger partial charge in [-0.05, 0) is 40.5 Å². The molecule has 2 heterocycles. The van der Waals surface area contributed by atoms with Crippen molar-refractivity contribution in [2.24, 2.45) is 5.73 Å². The average Bonchev–Trinajstić information content (AvgIpc) is 2.73. The van der Waals surface area contributed by atoms with Gasteiger partial charge in [0.05, 0.1) is 12.7 Å². The second-order valence-corrected chi connectivity index (χ2v) is 7.13. The molecular formula is C14H26N6O. The van der Waals surface area contributed by atoms with Crippen molar-refractivity contribution in [2.45, 2.75) is 64.2 Å². The van der Waals surface area contributed by atoms with E-state index in [-0.39, 0.29) is 23.0 Å². The number of rotatable bonds is 4. The van der Waals surface area contributed by atoms with Crippen molar-refractivity contribution in [3.8, 4) is 0 Å². The summed E-state index contributed by atoms with van der Waals surface area (Å²) in [5, 5.41) is 14.5. The van der Waals surface area contributed by atoms with Gasteiger partial charge in [0.25, 0.3) is 5.91 Å². The summed E-state index contributed by atoms with van der Waals surface area (Å²) < 4.78 is 1.59. The Hall–Kier alpha value is -1.47. The van der Waals surface area contributed by atoms with E-state index in [1.54, 1.807) is 10.9 Å². The van der Waals surface area contributed by atoms with Crippen LogP contribution in [-0.4, -0.2) is 44.6 Å². The highest BCUT2D eigenvalue weighted by Gasteiger charge is 2.38. The molecule has 2 rings (SSSR count). The second-order valence-electron chi connectivity index (χ2n) is 7.13. The zero-order valence-corrected chi connectivity index (χ0v) is 13.3. The molecule has 1 aliphatic rings. The number of aromatic nitrogens is 3.